The molecule has 1 aliphatic rings. The van der Waals surface area contributed by atoms with Crippen LogP contribution in [0.25, 0.3) is 0 Å². The van der Waals surface area contributed by atoms with E-state index in [1.54, 1.807) is 6.92 Å². The van der Waals surface area contributed by atoms with Gasteiger partial charge >= 0.3 is 0 Å². The summed E-state index contributed by atoms with van der Waals surface area (Å²) in [6.07, 6.45) is 3.44. The number of rotatable bonds is 5. The maximum absolute atomic E-state index is 11.5. The highest BCUT2D eigenvalue weighted by Gasteiger charge is 2.25. The zero-order valence-corrected chi connectivity index (χ0v) is 10.5. The predicted molar refractivity (Wildman–Crippen MR) is 64.2 cm³/mol. The van der Waals surface area contributed by atoms with Crippen molar-refractivity contribution in [2.45, 2.75) is 39.2 Å². The average Bonchev–Trinajstić information content (AvgIpc) is 2.29. The van der Waals surface area contributed by atoms with Gasteiger partial charge in [0, 0.05) is 32.6 Å². The van der Waals surface area contributed by atoms with E-state index in [-0.39, 0.29) is 12.5 Å². The third kappa shape index (κ3) is 3.76. The molecule has 1 aliphatic heterocycles. The first-order chi connectivity index (χ1) is 7.69. The van der Waals surface area contributed by atoms with E-state index in [0.29, 0.717) is 12.6 Å². The van der Waals surface area contributed by atoms with Crippen molar-refractivity contribution in [2.24, 2.45) is 0 Å². The van der Waals surface area contributed by atoms with Crippen molar-refractivity contribution < 1.29 is 9.90 Å². The topological polar surface area (TPSA) is 43.8 Å². The number of aliphatic hydroxyl groups is 1. The number of hydrogen-bond acceptors (Lipinski definition) is 3. The maximum atomic E-state index is 11.5. The van der Waals surface area contributed by atoms with Crippen LogP contribution < -0.4 is 0 Å². The summed E-state index contributed by atoms with van der Waals surface area (Å²) in [5.41, 5.74) is 0. The number of likely N-dealkylation sites (tertiary alicyclic amines) is 1. The fourth-order valence-electron chi connectivity index (χ4n) is 2.42. The van der Waals surface area contributed by atoms with Crippen molar-refractivity contribution >= 4 is 5.91 Å². The summed E-state index contributed by atoms with van der Waals surface area (Å²) in [6.45, 7) is 7.38. The highest BCUT2D eigenvalue weighted by molar-refractivity contribution is 5.73. The maximum Gasteiger partial charge on any atom is 0.219 e. The Morgan fingerprint density at radius 1 is 1.50 bits per heavy atom. The molecule has 1 fully saturated rings. The first kappa shape index (κ1) is 13.5. The summed E-state index contributed by atoms with van der Waals surface area (Å²) in [4.78, 5) is 15.7. The van der Waals surface area contributed by atoms with Gasteiger partial charge in [-0.1, -0.05) is 6.92 Å². The molecule has 0 radical (unpaired) electrons. The van der Waals surface area contributed by atoms with Crippen molar-refractivity contribution in [1.82, 2.24) is 9.80 Å². The van der Waals surface area contributed by atoms with Gasteiger partial charge in [0.2, 0.25) is 5.91 Å². The second-order valence-corrected chi connectivity index (χ2v) is 4.48. The number of piperidine rings is 1. The Bertz CT molecular complexity index is 221. The van der Waals surface area contributed by atoms with Crippen molar-refractivity contribution in [1.29, 1.82) is 0 Å². The van der Waals surface area contributed by atoms with E-state index >= 15 is 0 Å². The van der Waals surface area contributed by atoms with E-state index in [1.165, 1.54) is 6.42 Å². The Labute approximate surface area is 98.2 Å². The minimum Gasteiger partial charge on any atom is -0.395 e. The van der Waals surface area contributed by atoms with Crippen LogP contribution in [0.15, 0.2) is 0 Å². The summed E-state index contributed by atoms with van der Waals surface area (Å²) in [5.74, 6) is 0.185. The molecular weight excluding hydrogens is 204 g/mol. The standard InChI is InChI=1S/C12H24N2O2/c1-3-13(8-9-15)10-12-6-4-5-7-14(12)11(2)16/h12,15H,3-10H2,1-2H3. The van der Waals surface area contributed by atoms with E-state index in [4.69, 9.17) is 5.11 Å². The number of carbonyl (C=O) groups excluding carboxylic acids is 1. The van der Waals surface area contributed by atoms with Gasteiger partial charge in [0.05, 0.1) is 6.61 Å². The van der Waals surface area contributed by atoms with Gasteiger partial charge in [-0.05, 0) is 25.8 Å². The van der Waals surface area contributed by atoms with Crippen molar-refractivity contribution in [3.05, 3.63) is 0 Å². The van der Waals surface area contributed by atoms with Crippen LogP contribution in [-0.4, -0.2) is 59.6 Å². The van der Waals surface area contributed by atoms with Crippen LogP contribution in [-0.2, 0) is 4.79 Å². The van der Waals surface area contributed by atoms with E-state index in [1.807, 2.05) is 4.90 Å². The van der Waals surface area contributed by atoms with E-state index < -0.39 is 0 Å². The molecule has 0 aromatic carbocycles. The largest absolute Gasteiger partial charge is 0.395 e. The van der Waals surface area contributed by atoms with E-state index in [9.17, 15) is 4.79 Å². The summed E-state index contributed by atoms with van der Waals surface area (Å²) in [5, 5.41) is 8.95. The van der Waals surface area contributed by atoms with Crippen LogP contribution in [0.4, 0.5) is 0 Å². The number of hydrogen-bond donors (Lipinski definition) is 1. The molecule has 1 N–H and O–H groups in total. The van der Waals surface area contributed by atoms with Gasteiger partial charge in [-0.2, -0.15) is 0 Å². The smallest absolute Gasteiger partial charge is 0.219 e. The number of aliphatic hydroxyl groups excluding tert-OH is 1. The summed E-state index contributed by atoms with van der Waals surface area (Å²) in [7, 11) is 0. The minimum absolute atomic E-state index is 0.185. The normalized spacial score (nSPS) is 21.5. The minimum atomic E-state index is 0.185. The Kier molecular flexibility index (Phi) is 5.77. The van der Waals surface area contributed by atoms with Gasteiger partial charge in [-0.3, -0.25) is 9.69 Å². The lowest BCUT2D eigenvalue weighted by Crippen LogP contribution is -2.49. The Balaban J connectivity index is 2.50. The van der Waals surface area contributed by atoms with Crippen molar-refractivity contribution in [3.8, 4) is 0 Å². The number of nitrogens with zero attached hydrogens (tertiary/aromatic N) is 2. The lowest BCUT2D eigenvalue weighted by Gasteiger charge is -2.38. The number of amides is 1. The molecule has 0 bridgehead atoms. The molecule has 1 unspecified atom stereocenters. The molecule has 0 aromatic rings. The monoisotopic (exact) mass is 228 g/mol. The van der Waals surface area contributed by atoms with E-state index in [2.05, 4.69) is 11.8 Å². The Hall–Kier alpha value is -0.610. The molecule has 4 heteroatoms. The van der Waals surface area contributed by atoms with Gasteiger partial charge in [-0.15, -0.1) is 0 Å². The summed E-state index contributed by atoms with van der Waals surface area (Å²) >= 11 is 0. The first-order valence-electron chi connectivity index (χ1n) is 6.29. The van der Waals surface area contributed by atoms with Crippen LogP contribution >= 0.6 is 0 Å². The summed E-state index contributed by atoms with van der Waals surface area (Å²) in [6, 6.07) is 0.345. The first-order valence-corrected chi connectivity index (χ1v) is 6.29. The molecular formula is C12H24N2O2. The highest BCUT2D eigenvalue weighted by Crippen LogP contribution is 2.18. The fourth-order valence-corrected chi connectivity index (χ4v) is 2.42. The van der Waals surface area contributed by atoms with Crippen molar-refractivity contribution in [3.63, 3.8) is 0 Å². The molecule has 16 heavy (non-hydrogen) atoms. The molecule has 1 saturated heterocycles. The molecule has 0 aliphatic carbocycles. The molecule has 94 valence electrons. The lowest BCUT2D eigenvalue weighted by atomic mass is 10.0. The average molecular weight is 228 g/mol. The lowest BCUT2D eigenvalue weighted by molar-refractivity contribution is -0.132. The second-order valence-electron chi connectivity index (χ2n) is 4.48. The van der Waals surface area contributed by atoms with E-state index in [0.717, 1.165) is 32.5 Å². The third-order valence-electron chi connectivity index (χ3n) is 3.36. The molecule has 4 nitrogen and oxygen atoms in total. The quantitative estimate of drug-likeness (QED) is 0.753. The van der Waals surface area contributed by atoms with Crippen molar-refractivity contribution in [2.75, 3.05) is 32.8 Å². The Morgan fingerprint density at radius 2 is 2.25 bits per heavy atom. The third-order valence-corrected chi connectivity index (χ3v) is 3.36. The second kappa shape index (κ2) is 6.86. The van der Waals surface area contributed by atoms with Crippen LogP contribution in [0.3, 0.4) is 0 Å². The molecule has 0 saturated carbocycles. The van der Waals surface area contributed by atoms with Gasteiger partial charge in [-0.25, -0.2) is 0 Å². The molecule has 1 amide bonds. The molecule has 1 atom stereocenters. The van der Waals surface area contributed by atoms with Gasteiger partial charge < -0.3 is 10.0 Å². The highest BCUT2D eigenvalue weighted by atomic mass is 16.3. The number of likely N-dealkylation sites (N-methyl/N-ethyl adjacent to an activating group) is 1. The van der Waals surface area contributed by atoms with Gasteiger partial charge in [0.1, 0.15) is 0 Å². The van der Waals surface area contributed by atoms with Crippen LogP contribution in [0.2, 0.25) is 0 Å². The van der Waals surface area contributed by atoms with Crippen LogP contribution in [0, 0.1) is 0 Å². The molecule has 1 heterocycles. The molecule has 1 rings (SSSR count). The molecule has 0 aromatic heterocycles. The van der Waals surface area contributed by atoms with Crippen LogP contribution in [0.5, 0.6) is 0 Å². The Morgan fingerprint density at radius 3 is 2.81 bits per heavy atom. The zero-order valence-electron chi connectivity index (χ0n) is 10.5. The summed E-state index contributed by atoms with van der Waals surface area (Å²) < 4.78 is 0. The van der Waals surface area contributed by atoms with Crippen LogP contribution in [0.1, 0.15) is 33.1 Å². The predicted octanol–water partition coefficient (Wildman–Crippen LogP) is 0.702. The van der Waals surface area contributed by atoms with Gasteiger partial charge in [0.15, 0.2) is 0 Å². The SMILES string of the molecule is CCN(CCO)CC1CCCCN1C(C)=O. The zero-order chi connectivity index (χ0) is 12.0. The number of carbonyl (C=O) groups is 1. The van der Waals surface area contributed by atoms with Gasteiger partial charge in [0.25, 0.3) is 0 Å². The molecule has 0 spiro atoms. The fraction of sp³-hybridized carbons (Fsp3) is 0.917.